The van der Waals surface area contributed by atoms with Crippen molar-refractivity contribution in [3.8, 4) is 0 Å². The lowest BCUT2D eigenvalue weighted by Gasteiger charge is -2.26. The Morgan fingerprint density at radius 3 is 2.94 bits per heavy atom. The molecule has 1 unspecified atom stereocenters. The van der Waals surface area contributed by atoms with Crippen molar-refractivity contribution in [1.82, 2.24) is 10.6 Å². The van der Waals surface area contributed by atoms with Gasteiger partial charge in [-0.15, -0.1) is 0 Å². The van der Waals surface area contributed by atoms with Gasteiger partial charge in [0.15, 0.2) is 0 Å². The van der Waals surface area contributed by atoms with Gasteiger partial charge in [-0.1, -0.05) is 13.3 Å². The SMILES string of the molecule is CCCC1(C(=O)NCCOCC2CC2)CCNC1. The van der Waals surface area contributed by atoms with Crippen LogP contribution in [0.3, 0.4) is 0 Å². The van der Waals surface area contributed by atoms with Crippen molar-refractivity contribution in [1.29, 1.82) is 0 Å². The first-order chi connectivity index (χ1) is 8.77. The minimum atomic E-state index is -0.161. The van der Waals surface area contributed by atoms with E-state index >= 15 is 0 Å². The van der Waals surface area contributed by atoms with Crippen molar-refractivity contribution in [2.75, 3.05) is 32.8 Å². The van der Waals surface area contributed by atoms with E-state index in [1.807, 2.05) is 0 Å². The summed E-state index contributed by atoms with van der Waals surface area (Å²) in [7, 11) is 0. The van der Waals surface area contributed by atoms with Crippen LogP contribution >= 0.6 is 0 Å². The van der Waals surface area contributed by atoms with Crippen LogP contribution in [0.2, 0.25) is 0 Å². The lowest BCUT2D eigenvalue weighted by molar-refractivity contribution is -0.130. The third-order valence-electron chi connectivity index (χ3n) is 4.04. The molecule has 2 aliphatic rings. The standard InChI is InChI=1S/C14H26N2O2/c1-2-5-14(6-7-15-11-14)13(17)16-8-9-18-10-12-3-4-12/h12,15H,2-11H2,1H3,(H,16,17). The van der Waals surface area contributed by atoms with E-state index < -0.39 is 0 Å². The summed E-state index contributed by atoms with van der Waals surface area (Å²) in [5, 5.41) is 6.35. The molecule has 1 saturated heterocycles. The fraction of sp³-hybridized carbons (Fsp3) is 0.929. The number of rotatable bonds is 8. The number of amides is 1. The van der Waals surface area contributed by atoms with Crippen molar-refractivity contribution in [3.05, 3.63) is 0 Å². The molecule has 4 heteroatoms. The highest BCUT2D eigenvalue weighted by molar-refractivity contribution is 5.83. The largest absolute Gasteiger partial charge is 0.379 e. The molecule has 0 aromatic heterocycles. The highest BCUT2D eigenvalue weighted by Crippen LogP contribution is 2.31. The molecule has 18 heavy (non-hydrogen) atoms. The summed E-state index contributed by atoms with van der Waals surface area (Å²) in [6, 6.07) is 0. The topological polar surface area (TPSA) is 50.4 Å². The Bertz CT molecular complexity index is 271. The van der Waals surface area contributed by atoms with Crippen molar-refractivity contribution in [3.63, 3.8) is 0 Å². The maximum Gasteiger partial charge on any atom is 0.227 e. The number of hydrogen-bond donors (Lipinski definition) is 2. The molecule has 0 radical (unpaired) electrons. The van der Waals surface area contributed by atoms with Gasteiger partial charge in [0.25, 0.3) is 0 Å². The van der Waals surface area contributed by atoms with Crippen LogP contribution in [0.5, 0.6) is 0 Å². The molecule has 0 aromatic carbocycles. The fourth-order valence-electron chi connectivity index (χ4n) is 2.70. The maximum absolute atomic E-state index is 12.3. The molecule has 2 N–H and O–H groups in total. The lowest BCUT2D eigenvalue weighted by Crippen LogP contribution is -2.43. The van der Waals surface area contributed by atoms with Gasteiger partial charge in [-0.3, -0.25) is 4.79 Å². The first-order valence-corrected chi connectivity index (χ1v) is 7.33. The first kappa shape index (κ1) is 13.8. The average Bonchev–Trinajstić information content (AvgIpc) is 3.07. The molecule has 1 saturated carbocycles. The number of hydrogen-bond acceptors (Lipinski definition) is 3. The van der Waals surface area contributed by atoms with Gasteiger partial charge in [0, 0.05) is 19.7 Å². The highest BCUT2D eigenvalue weighted by atomic mass is 16.5. The van der Waals surface area contributed by atoms with E-state index in [9.17, 15) is 4.79 Å². The van der Waals surface area contributed by atoms with E-state index in [2.05, 4.69) is 17.6 Å². The minimum absolute atomic E-state index is 0.161. The molecule has 0 aromatic rings. The van der Waals surface area contributed by atoms with Crippen LogP contribution in [0.15, 0.2) is 0 Å². The van der Waals surface area contributed by atoms with Crippen LogP contribution in [-0.2, 0) is 9.53 Å². The number of nitrogens with one attached hydrogen (secondary N) is 2. The summed E-state index contributed by atoms with van der Waals surface area (Å²) in [4.78, 5) is 12.3. The van der Waals surface area contributed by atoms with E-state index in [4.69, 9.17) is 4.74 Å². The summed E-state index contributed by atoms with van der Waals surface area (Å²) in [5.41, 5.74) is -0.161. The van der Waals surface area contributed by atoms with E-state index in [1.54, 1.807) is 0 Å². The monoisotopic (exact) mass is 254 g/mol. The van der Waals surface area contributed by atoms with Gasteiger partial charge < -0.3 is 15.4 Å². The summed E-state index contributed by atoms with van der Waals surface area (Å²) in [6.07, 6.45) is 5.65. The Balaban J connectivity index is 1.64. The van der Waals surface area contributed by atoms with Gasteiger partial charge in [-0.2, -0.15) is 0 Å². The average molecular weight is 254 g/mol. The summed E-state index contributed by atoms with van der Waals surface area (Å²) >= 11 is 0. The second kappa shape index (κ2) is 6.53. The maximum atomic E-state index is 12.3. The Morgan fingerprint density at radius 2 is 2.33 bits per heavy atom. The first-order valence-electron chi connectivity index (χ1n) is 7.33. The summed E-state index contributed by atoms with van der Waals surface area (Å²) < 4.78 is 5.53. The predicted octanol–water partition coefficient (Wildman–Crippen LogP) is 1.31. The van der Waals surface area contributed by atoms with Gasteiger partial charge in [-0.25, -0.2) is 0 Å². The van der Waals surface area contributed by atoms with Crippen molar-refractivity contribution >= 4 is 5.91 Å². The van der Waals surface area contributed by atoms with Crippen LogP contribution in [0.25, 0.3) is 0 Å². The molecule has 1 amide bonds. The predicted molar refractivity (Wildman–Crippen MR) is 71.4 cm³/mol. The molecule has 2 fully saturated rings. The smallest absolute Gasteiger partial charge is 0.227 e. The van der Waals surface area contributed by atoms with Crippen molar-refractivity contribution in [2.45, 2.75) is 39.0 Å². The highest BCUT2D eigenvalue weighted by Gasteiger charge is 2.39. The molecule has 104 valence electrons. The van der Waals surface area contributed by atoms with E-state index in [0.29, 0.717) is 13.2 Å². The lowest BCUT2D eigenvalue weighted by atomic mass is 9.81. The number of carbonyl (C=O) groups is 1. The van der Waals surface area contributed by atoms with Gasteiger partial charge in [0.2, 0.25) is 5.91 Å². The Kier molecular flexibility index (Phi) is 5.01. The molecule has 0 bridgehead atoms. The van der Waals surface area contributed by atoms with Crippen molar-refractivity contribution in [2.24, 2.45) is 11.3 Å². The zero-order valence-corrected chi connectivity index (χ0v) is 11.5. The van der Waals surface area contributed by atoms with E-state index in [1.165, 1.54) is 12.8 Å². The molecule has 1 aliphatic heterocycles. The Morgan fingerprint density at radius 1 is 1.50 bits per heavy atom. The molecular weight excluding hydrogens is 228 g/mol. The van der Waals surface area contributed by atoms with E-state index in [0.717, 1.165) is 44.9 Å². The molecular formula is C14H26N2O2. The minimum Gasteiger partial charge on any atom is -0.379 e. The van der Waals surface area contributed by atoms with Gasteiger partial charge in [0.05, 0.1) is 12.0 Å². The summed E-state index contributed by atoms with van der Waals surface area (Å²) in [6.45, 7) is 6.11. The van der Waals surface area contributed by atoms with Crippen LogP contribution in [0.1, 0.15) is 39.0 Å². The van der Waals surface area contributed by atoms with Crippen LogP contribution in [0, 0.1) is 11.3 Å². The quantitative estimate of drug-likeness (QED) is 0.642. The third-order valence-corrected chi connectivity index (χ3v) is 4.04. The van der Waals surface area contributed by atoms with Gasteiger partial charge in [0.1, 0.15) is 0 Å². The number of ether oxygens (including phenoxy) is 1. The molecule has 2 rings (SSSR count). The zero-order chi connectivity index (χ0) is 12.8. The number of carbonyl (C=O) groups excluding carboxylic acids is 1. The molecule has 1 aliphatic carbocycles. The van der Waals surface area contributed by atoms with Gasteiger partial charge in [-0.05, 0) is 38.1 Å². The fourth-order valence-corrected chi connectivity index (χ4v) is 2.70. The second-order valence-corrected chi connectivity index (χ2v) is 5.73. The van der Waals surface area contributed by atoms with Crippen molar-refractivity contribution < 1.29 is 9.53 Å². The Hall–Kier alpha value is -0.610. The summed E-state index contributed by atoms with van der Waals surface area (Å²) in [5.74, 6) is 1.01. The third kappa shape index (κ3) is 3.69. The zero-order valence-electron chi connectivity index (χ0n) is 11.5. The molecule has 1 atom stereocenters. The molecule has 4 nitrogen and oxygen atoms in total. The molecule has 1 heterocycles. The molecule has 0 spiro atoms. The van der Waals surface area contributed by atoms with E-state index in [-0.39, 0.29) is 11.3 Å². The second-order valence-electron chi connectivity index (χ2n) is 5.73. The normalized spacial score (nSPS) is 27.4. The van der Waals surface area contributed by atoms with Crippen LogP contribution < -0.4 is 10.6 Å². The van der Waals surface area contributed by atoms with Crippen LogP contribution in [-0.4, -0.2) is 38.8 Å². The Labute approximate surface area is 110 Å². The van der Waals surface area contributed by atoms with Gasteiger partial charge >= 0.3 is 0 Å². The van der Waals surface area contributed by atoms with Crippen LogP contribution in [0.4, 0.5) is 0 Å².